The van der Waals surface area contributed by atoms with Crippen LogP contribution in [0.15, 0.2) is 0 Å². The van der Waals surface area contributed by atoms with Crippen molar-refractivity contribution >= 4 is 0 Å². The van der Waals surface area contributed by atoms with Gasteiger partial charge < -0.3 is 5.11 Å². The van der Waals surface area contributed by atoms with E-state index in [9.17, 15) is 5.11 Å². The predicted molar refractivity (Wildman–Crippen MR) is 52.0 cm³/mol. The molecule has 0 aromatic rings. The van der Waals surface area contributed by atoms with E-state index < -0.39 is 0 Å². The fourth-order valence-corrected chi connectivity index (χ4v) is 2.09. The molecule has 2 atom stereocenters. The molecule has 1 aliphatic rings. The van der Waals surface area contributed by atoms with Crippen molar-refractivity contribution in [3.63, 3.8) is 0 Å². The molecular formula is C11H22O. The normalized spacial score (nSPS) is 31.0. The molecule has 1 N–H and O–H groups in total. The number of hydrogen-bond acceptors (Lipinski definition) is 1. The smallest absolute Gasteiger partial charge is 0.0542 e. The number of aliphatic hydroxyl groups excluding tert-OH is 1. The first kappa shape index (κ1) is 10.0. The lowest BCUT2D eigenvalue weighted by Gasteiger charge is -2.26. The Morgan fingerprint density at radius 2 is 2.08 bits per heavy atom. The molecule has 0 heterocycles. The lowest BCUT2D eigenvalue weighted by molar-refractivity contribution is 0.0964. The Morgan fingerprint density at radius 1 is 1.33 bits per heavy atom. The van der Waals surface area contributed by atoms with Crippen molar-refractivity contribution < 1.29 is 5.11 Å². The van der Waals surface area contributed by atoms with E-state index in [0.29, 0.717) is 0 Å². The molecule has 0 amide bonds. The lowest BCUT2D eigenvalue weighted by Crippen LogP contribution is -2.19. The van der Waals surface area contributed by atoms with E-state index >= 15 is 0 Å². The third-order valence-electron chi connectivity index (χ3n) is 2.91. The van der Waals surface area contributed by atoms with E-state index in [0.717, 1.165) is 24.7 Å². The molecule has 0 aromatic carbocycles. The van der Waals surface area contributed by atoms with Gasteiger partial charge in [-0.05, 0) is 24.7 Å². The highest BCUT2D eigenvalue weighted by atomic mass is 16.3. The summed E-state index contributed by atoms with van der Waals surface area (Å²) in [4.78, 5) is 0. The summed E-state index contributed by atoms with van der Waals surface area (Å²) in [6.07, 6.45) is 7.36. The second-order valence-corrected chi connectivity index (χ2v) is 4.66. The summed E-state index contributed by atoms with van der Waals surface area (Å²) >= 11 is 0. The van der Waals surface area contributed by atoms with E-state index in [1.54, 1.807) is 0 Å². The second-order valence-electron chi connectivity index (χ2n) is 4.66. The molecule has 1 heteroatoms. The zero-order valence-electron chi connectivity index (χ0n) is 8.42. The Bertz CT molecular complexity index is 120. The standard InChI is InChI=1S/C11H22O/c1-9(2)6-7-10-4-3-5-11(12)8-10/h9-12H,3-8H2,1-2H3/t10-,11+/m1/s1. The van der Waals surface area contributed by atoms with Crippen molar-refractivity contribution in [1.29, 1.82) is 0 Å². The van der Waals surface area contributed by atoms with Gasteiger partial charge in [-0.3, -0.25) is 0 Å². The predicted octanol–water partition coefficient (Wildman–Crippen LogP) is 2.97. The minimum Gasteiger partial charge on any atom is -0.393 e. The van der Waals surface area contributed by atoms with Crippen molar-refractivity contribution in [3.05, 3.63) is 0 Å². The third kappa shape index (κ3) is 3.57. The molecule has 0 spiro atoms. The van der Waals surface area contributed by atoms with Crippen LogP contribution in [0.25, 0.3) is 0 Å². The molecular weight excluding hydrogens is 148 g/mol. The number of hydrogen-bond donors (Lipinski definition) is 1. The van der Waals surface area contributed by atoms with Gasteiger partial charge in [-0.1, -0.05) is 39.5 Å². The average molecular weight is 170 g/mol. The van der Waals surface area contributed by atoms with Crippen LogP contribution in [-0.2, 0) is 0 Å². The molecule has 72 valence electrons. The molecule has 1 fully saturated rings. The molecule has 1 saturated carbocycles. The van der Waals surface area contributed by atoms with E-state index in [-0.39, 0.29) is 6.10 Å². The zero-order chi connectivity index (χ0) is 8.97. The van der Waals surface area contributed by atoms with Crippen LogP contribution in [0, 0.1) is 11.8 Å². The molecule has 1 aliphatic carbocycles. The second kappa shape index (κ2) is 4.86. The van der Waals surface area contributed by atoms with Gasteiger partial charge >= 0.3 is 0 Å². The van der Waals surface area contributed by atoms with Crippen molar-refractivity contribution in [3.8, 4) is 0 Å². The van der Waals surface area contributed by atoms with Gasteiger partial charge in [-0.25, -0.2) is 0 Å². The van der Waals surface area contributed by atoms with Crippen molar-refractivity contribution in [2.45, 2.75) is 58.5 Å². The van der Waals surface area contributed by atoms with Crippen LogP contribution in [-0.4, -0.2) is 11.2 Å². The first-order valence-electron chi connectivity index (χ1n) is 5.36. The largest absolute Gasteiger partial charge is 0.393 e. The van der Waals surface area contributed by atoms with Crippen molar-refractivity contribution in [2.24, 2.45) is 11.8 Å². The molecule has 1 rings (SSSR count). The highest BCUT2D eigenvalue weighted by molar-refractivity contribution is 4.72. The Morgan fingerprint density at radius 3 is 2.67 bits per heavy atom. The van der Waals surface area contributed by atoms with E-state index in [1.807, 2.05) is 0 Å². The van der Waals surface area contributed by atoms with Gasteiger partial charge in [0, 0.05) is 0 Å². The summed E-state index contributed by atoms with van der Waals surface area (Å²) in [6, 6.07) is 0. The van der Waals surface area contributed by atoms with Gasteiger partial charge in [0.15, 0.2) is 0 Å². The minimum atomic E-state index is 0.0101. The van der Waals surface area contributed by atoms with Crippen LogP contribution >= 0.6 is 0 Å². The van der Waals surface area contributed by atoms with Gasteiger partial charge in [0.2, 0.25) is 0 Å². The summed E-state index contributed by atoms with van der Waals surface area (Å²) < 4.78 is 0. The van der Waals surface area contributed by atoms with Gasteiger partial charge in [0.1, 0.15) is 0 Å². The fourth-order valence-electron chi connectivity index (χ4n) is 2.09. The summed E-state index contributed by atoms with van der Waals surface area (Å²) in [6.45, 7) is 4.55. The summed E-state index contributed by atoms with van der Waals surface area (Å²) in [5.74, 6) is 1.64. The molecule has 1 nitrogen and oxygen atoms in total. The highest BCUT2D eigenvalue weighted by Gasteiger charge is 2.19. The molecule has 0 aliphatic heterocycles. The van der Waals surface area contributed by atoms with Crippen molar-refractivity contribution in [2.75, 3.05) is 0 Å². The molecule has 12 heavy (non-hydrogen) atoms. The zero-order valence-corrected chi connectivity index (χ0v) is 8.42. The first-order valence-corrected chi connectivity index (χ1v) is 5.36. The Hall–Kier alpha value is -0.0400. The molecule has 0 saturated heterocycles. The molecule has 0 radical (unpaired) electrons. The van der Waals surface area contributed by atoms with E-state index in [4.69, 9.17) is 0 Å². The lowest BCUT2D eigenvalue weighted by atomic mass is 9.83. The maximum atomic E-state index is 9.44. The topological polar surface area (TPSA) is 20.2 Å². The summed E-state index contributed by atoms with van der Waals surface area (Å²) in [7, 11) is 0. The molecule has 0 unspecified atom stereocenters. The number of rotatable bonds is 3. The van der Waals surface area contributed by atoms with Gasteiger partial charge in [-0.2, -0.15) is 0 Å². The Balaban J connectivity index is 2.14. The molecule has 0 bridgehead atoms. The van der Waals surface area contributed by atoms with Gasteiger partial charge in [-0.15, -0.1) is 0 Å². The first-order chi connectivity index (χ1) is 5.68. The fraction of sp³-hybridized carbons (Fsp3) is 1.00. The summed E-state index contributed by atoms with van der Waals surface area (Å²) in [5, 5.41) is 9.44. The quantitative estimate of drug-likeness (QED) is 0.690. The van der Waals surface area contributed by atoms with Crippen LogP contribution in [0.4, 0.5) is 0 Å². The van der Waals surface area contributed by atoms with Crippen molar-refractivity contribution in [1.82, 2.24) is 0 Å². The third-order valence-corrected chi connectivity index (χ3v) is 2.91. The van der Waals surface area contributed by atoms with E-state index in [1.165, 1.54) is 25.7 Å². The maximum Gasteiger partial charge on any atom is 0.0542 e. The van der Waals surface area contributed by atoms with Crippen LogP contribution in [0.5, 0.6) is 0 Å². The van der Waals surface area contributed by atoms with E-state index in [2.05, 4.69) is 13.8 Å². The molecule has 0 aromatic heterocycles. The SMILES string of the molecule is CC(C)CC[C@H]1CCC[C@H](O)C1. The van der Waals surface area contributed by atoms with Gasteiger partial charge in [0.25, 0.3) is 0 Å². The van der Waals surface area contributed by atoms with Crippen LogP contribution < -0.4 is 0 Å². The average Bonchev–Trinajstić information content (AvgIpc) is 2.01. The maximum absolute atomic E-state index is 9.44. The van der Waals surface area contributed by atoms with Gasteiger partial charge in [0.05, 0.1) is 6.10 Å². The van der Waals surface area contributed by atoms with Crippen LogP contribution in [0.2, 0.25) is 0 Å². The minimum absolute atomic E-state index is 0.0101. The monoisotopic (exact) mass is 170 g/mol. The Kier molecular flexibility index (Phi) is 4.07. The number of aliphatic hydroxyl groups is 1. The van der Waals surface area contributed by atoms with Crippen LogP contribution in [0.1, 0.15) is 52.4 Å². The highest BCUT2D eigenvalue weighted by Crippen LogP contribution is 2.28. The summed E-state index contributed by atoms with van der Waals surface area (Å²) in [5.41, 5.74) is 0. The van der Waals surface area contributed by atoms with Crippen LogP contribution in [0.3, 0.4) is 0 Å². The Labute approximate surface area is 76.2 Å².